The molecule has 1 aromatic carbocycles. The third-order valence-electron chi connectivity index (χ3n) is 4.52. The molecule has 1 N–H and O–H groups in total. The number of carbonyl (C=O) groups excluding carboxylic acids is 1. The average molecular weight is 345 g/mol. The van der Waals surface area contributed by atoms with Crippen molar-refractivity contribution in [3.8, 4) is 0 Å². The lowest BCUT2D eigenvalue weighted by molar-refractivity contribution is -0.128. The van der Waals surface area contributed by atoms with E-state index in [0.717, 1.165) is 38.6 Å². The van der Waals surface area contributed by atoms with E-state index in [1.54, 1.807) is 0 Å². The minimum atomic E-state index is 0.277. The Bertz CT molecular complexity index is 568. The summed E-state index contributed by atoms with van der Waals surface area (Å²) in [5.41, 5.74) is 2.38. The lowest BCUT2D eigenvalue weighted by Crippen LogP contribution is -2.39. The summed E-state index contributed by atoms with van der Waals surface area (Å²) in [6.07, 6.45) is 4.05. The van der Waals surface area contributed by atoms with Crippen molar-refractivity contribution in [3.63, 3.8) is 0 Å². The van der Waals surface area contributed by atoms with Crippen molar-refractivity contribution < 1.29 is 4.79 Å². The number of carbonyl (C=O) groups is 1. The van der Waals surface area contributed by atoms with E-state index >= 15 is 0 Å². The van der Waals surface area contributed by atoms with E-state index in [1.165, 1.54) is 24.0 Å². The number of amides is 1. The van der Waals surface area contributed by atoms with Gasteiger partial charge in [0, 0.05) is 39.6 Å². The van der Waals surface area contributed by atoms with Crippen LogP contribution in [0.2, 0.25) is 0 Å². The molecule has 25 heavy (non-hydrogen) atoms. The highest BCUT2D eigenvalue weighted by molar-refractivity contribution is 5.79. The number of likely N-dealkylation sites (tertiary alicyclic amines) is 1. The molecule has 0 saturated carbocycles. The highest BCUT2D eigenvalue weighted by atomic mass is 16.2. The summed E-state index contributed by atoms with van der Waals surface area (Å²) in [5.74, 6) is 1.24. The van der Waals surface area contributed by atoms with E-state index in [-0.39, 0.29) is 5.91 Å². The lowest BCUT2D eigenvalue weighted by Gasteiger charge is -2.21. The molecule has 138 valence electrons. The highest BCUT2D eigenvalue weighted by Gasteiger charge is 2.19. The van der Waals surface area contributed by atoms with Crippen LogP contribution in [0.5, 0.6) is 0 Å². The first-order valence-electron chi connectivity index (χ1n) is 9.49. The molecule has 5 nitrogen and oxygen atoms in total. The Labute approximate surface area is 152 Å². The van der Waals surface area contributed by atoms with Crippen molar-refractivity contribution in [2.24, 2.45) is 4.99 Å². The van der Waals surface area contributed by atoms with Gasteiger partial charge < -0.3 is 15.1 Å². The predicted octanol–water partition coefficient (Wildman–Crippen LogP) is 3.01. The zero-order valence-corrected chi connectivity index (χ0v) is 15.9. The topological polar surface area (TPSA) is 47.9 Å². The number of rotatable bonds is 8. The van der Waals surface area contributed by atoms with E-state index in [9.17, 15) is 4.79 Å². The van der Waals surface area contributed by atoms with Gasteiger partial charge in [0.2, 0.25) is 5.91 Å². The Morgan fingerprint density at radius 1 is 1.24 bits per heavy atom. The molecule has 1 aliphatic rings. The molecule has 1 amide bonds. The number of hydrogen-bond acceptors (Lipinski definition) is 2. The molecule has 1 saturated heterocycles. The number of aliphatic imine (C=N–C) groups is 1. The van der Waals surface area contributed by atoms with E-state index in [1.807, 2.05) is 4.90 Å². The molecule has 1 aliphatic heterocycles. The number of nitrogens with one attached hydrogen (secondary N) is 1. The van der Waals surface area contributed by atoms with Crippen molar-refractivity contribution in [1.29, 1.82) is 0 Å². The van der Waals surface area contributed by atoms with Crippen LogP contribution >= 0.6 is 0 Å². The monoisotopic (exact) mass is 344 g/mol. The van der Waals surface area contributed by atoms with Crippen molar-refractivity contribution in [1.82, 2.24) is 15.1 Å². The summed E-state index contributed by atoms with van der Waals surface area (Å²) < 4.78 is 0. The van der Waals surface area contributed by atoms with Crippen LogP contribution in [0.15, 0.2) is 29.3 Å². The Morgan fingerprint density at radius 2 is 1.96 bits per heavy atom. The van der Waals surface area contributed by atoms with Gasteiger partial charge in [0.15, 0.2) is 5.96 Å². The van der Waals surface area contributed by atoms with Crippen molar-refractivity contribution >= 4 is 11.9 Å². The number of hydrogen-bond donors (Lipinski definition) is 1. The lowest BCUT2D eigenvalue weighted by atomic mass is 10.1. The summed E-state index contributed by atoms with van der Waals surface area (Å²) in [4.78, 5) is 20.6. The highest BCUT2D eigenvalue weighted by Crippen LogP contribution is 2.15. The second-order valence-corrected chi connectivity index (χ2v) is 6.68. The van der Waals surface area contributed by atoms with Gasteiger partial charge in [0.05, 0.1) is 6.54 Å². The minimum Gasteiger partial charge on any atom is -0.357 e. The maximum Gasteiger partial charge on any atom is 0.222 e. The molecule has 0 unspecified atom stereocenters. The molecule has 0 atom stereocenters. The fraction of sp³-hybridized carbons (Fsp3) is 0.600. The predicted molar refractivity (Wildman–Crippen MR) is 103 cm³/mol. The van der Waals surface area contributed by atoms with E-state index in [0.29, 0.717) is 13.0 Å². The molecule has 1 aromatic rings. The van der Waals surface area contributed by atoms with Crippen LogP contribution in [-0.4, -0.2) is 48.3 Å². The van der Waals surface area contributed by atoms with Gasteiger partial charge in [-0.25, -0.2) is 4.99 Å². The van der Waals surface area contributed by atoms with E-state index in [2.05, 4.69) is 55.4 Å². The second-order valence-electron chi connectivity index (χ2n) is 6.68. The van der Waals surface area contributed by atoms with E-state index < -0.39 is 0 Å². The van der Waals surface area contributed by atoms with Gasteiger partial charge in [-0.05, 0) is 30.9 Å². The van der Waals surface area contributed by atoms with Gasteiger partial charge in [-0.15, -0.1) is 0 Å². The first kappa shape index (κ1) is 19.3. The third-order valence-corrected chi connectivity index (χ3v) is 4.52. The van der Waals surface area contributed by atoms with Crippen LogP contribution in [0.3, 0.4) is 0 Å². The number of guanidine groups is 1. The van der Waals surface area contributed by atoms with Crippen molar-refractivity contribution in [2.75, 3.05) is 26.7 Å². The summed E-state index contributed by atoms with van der Waals surface area (Å²) in [6, 6.07) is 8.47. The Kier molecular flexibility index (Phi) is 7.76. The minimum absolute atomic E-state index is 0.277. The normalized spacial score (nSPS) is 14.9. The fourth-order valence-electron chi connectivity index (χ4n) is 2.98. The van der Waals surface area contributed by atoms with Crippen molar-refractivity contribution in [3.05, 3.63) is 35.4 Å². The van der Waals surface area contributed by atoms with Crippen LogP contribution in [0.4, 0.5) is 0 Å². The van der Waals surface area contributed by atoms with Gasteiger partial charge >= 0.3 is 0 Å². The number of unbranched alkanes of at least 4 members (excludes halogenated alkanes) is 1. The van der Waals surface area contributed by atoms with Crippen LogP contribution < -0.4 is 5.32 Å². The molecule has 0 aliphatic carbocycles. The summed E-state index contributed by atoms with van der Waals surface area (Å²) >= 11 is 0. The maximum absolute atomic E-state index is 11.7. The average Bonchev–Trinajstić information content (AvgIpc) is 3.02. The molecule has 0 spiro atoms. The van der Waals surface area contributed by atoms with Gasteiger partial charge in [0.25, 0.3) is 0 Å². The number of nitrogens with zero attached hydrogens (tertiary/aromatic N) is 3. The summed E-state index contributed by atoms with van der Waals surface area (Å²) in [6.45, 7) is 8.48. The van der Waals surface area contributed by atoms with Crippen LogP contribution in [-0.2, 0) is 17.9 Å². The first-order chi connectivity index (χ1) is 12.1. The first-order valence-corrected chi connectivity index (χ1v) is 9.49. The molecule has 1 fully saturated rings. The smallest absolute Gasteiger partial charge is 0.222 e. The SMILES string of the molecule is CCCCN(C)C(=NCc1ccc(CN2CCCC2=O)cc1)NCC. The van der Waals surface area contributed by atoms with Crippen molar-refractivity contribution in [2.45, 2.75) is 52.6 Å². The van der Waals surface area contributed by atoms with Gasteiger partial charge in [0.1, 0.15) is 0 Å². The fourth-order valence-corrected chi connectivity index (χ4v) is 2.98. The maximum atomic E-state index is 11.7. The molecular weight excluding hydrogens is 312 g/mol. The molecule has 0 aromatic heterocycles. The molecule has 5 heteroatoms. The standard InChI is InChI=1S/C20H32N4O/c1-4-6-13-23(3)20(21-5-2)22-15-17-9-11-18(12-10-17)16-24-14-7-8-19(24)25/h9-12H,4-8,13-16H2,1-3H3,(H,21,22). The van der Waals surface area contributed by atoms with E-state index in [4.69, 9.17) is 4.99 Å². The van der Waals surface area contributed by atoms with Gasteiger partial charge in [-0.2, -0.15) is 0 Å². The quantitative estimate of drug-likeness (QED) is 0.582. The zero-order chi connectivity index (χ0) is 18.1. The third kappa shape index (κ3) is 6.07. The Morgan fingerprint density at radius 3 is 2.56 bits per heavy atom. The largest absolute Gasteiger partial charge is 0.357 e. The molecule has 2 rings (SSSR count). The number of benzene rings is 1. The van der Waals surface area contributed by atoms with Crippen LogP contribution in [0, 0.1) is 0 Å². The summed E-state index contributed by atoms with van der Waals surface area (Å²) in [5, 5.41) is 3.36. The Hall–Kier alpha value is -2.04. The summed E-state index contributed by atoms with van der Waals surface area (Å²) in [7, 11) is 2.09. The second kappa shape index (κ2) is 10.1. The van der Waals surface area contributed by atoms with Crippen LogP contribution in [0.1, 0.15) is 50.7 Å². The molecule has 1 heterocycles. The molecule has 0 radical (unpaired) electrons. The van der Waals surface area contributed by atoms with Crippen LogP contribution in [0.25, 0.3) is 0 Å². The zero-order valence-electron chi connectivity index (χ0n) is 15.9. The van der Waals surface area contributed by atoms with Gasteiger partial charge in [-0.1, -0.05) is 37.6 Å². The Balaban J connectivity index is 1.92. The van der Waals surface area contributed by atoms with Gasteiger partial charge in [-0.3, -0.25) is 4.79 Å². The molecule has 0 bridgehead atoms. The molecular formula is C20H32N4O.